The summed E-state index contributed by atoms with van der Waals surface area (Å²) in [4.78, 5) is 0. The standard InChI is InChI=1S/C16H25NO/c1-12-8-13(2)10-15(9-12)17-16-7-5-4-6-14(16)11-18-3/h4-7,12-13,15,17H,8-11H2,1-3H3. The summed E-state index contributed by atoms with van der Waals surface area (Å²) in [6.45, 7) is 5.41. The zero-order valence-corrected chi connectivity index (χ0v) is 11.8. The Morgan fingerprint density at radius 2 is 1.78 bits per heavy atom. The second kappa shape index (κ2) is 6.24. The first kappa shape index (κ1) is 13.4. The molecule has 0 heterocycles. The molecule has 0 radical (unpaired) electrons. The molecular weight excluding hydrogens is 222 g/mol. The third-order valence-corrected chi connectivity index (χ3v) is 3.86. The van der Waals surface area contributed by atoms with Gasteiger partial charge in [0.15, 0.2) is 0 Å². The molecule has 1 saturated carbocycles. The second-order valence-electron chi connectivity index (χ2n) is 5.85. The van der Waals surface area contributed by atoms with Gasteiger partial charge in [0.05, 0.1) is 6.61 Å². The Morgan fingerprint density at radius 1 is 1.11 bits per heavy atom. The molecule has 18 heavy (non-hydrogen) atoms. The predicted molar refractivity (Wildman–Crippen MR) is 76.7 cm³/mol. The van der Waals surface area contributed by atoms with Crippen LogP contribution < -0.4 is 5.32 Å². The fourth-order valence-electron chi connectivity index (χ4n) is 3.23. The highest BCUT2D eigenvalue weighted by Gasteiger charge is 2.24. The number of methoxy groups -OCH3 is 1. The van der Waals surface area contributed by atoms with Gasteiger partial charge in [-0.05, 0) is 37.2 Å². The highest BCUT2D eigenvalue weighted by molar-refractivity contribution is 5.51. The summed E-state index contributed by atoms with van der Waals surface area (Å²) >= 11 is 0. The van der Waals surface area contributed by atoms with Crippen LogP contribution in [-0.2, 0) is 11.3 Å². The fourth-order valence-corrected chi connectivity index (χ4v) is 3.23. The van der Waals surface area contributed by atoms with E-state index in [1.807, 2.05) is 0 Å². The highest BCUT2D eigenvalue weighted by Crippen LogP contribution is 2.31. The lowest BCUT2D eigenvalue weighted by Gasteiger charge is -2.33. The van der Waals surface area contributed by atoms with Crippen LogP contribution in [0.5, 0.6) is 0 Å². The lowest BCUT2D eigenvalue weighted by molar-refractivity contribution is 0.185. The van der Waals surface area contributed by atoms with Gasteiger partial charge < -0.3 is 10.1 Å². The van der Waals surface area contributed by atoms with Crippen LogP contribution in [0.15, 0.2) is 24.3 Å². The van der Waals surface area contributed by atoms with Crippen molar-refractivity contribution in [2.45, 2.75) is 45.8 Å². The first-order valence-electron chi connectivity index (χ1n) is 7.02. The molecule has 0 bridgehead atoms. The van der Waals surface area contributed by atoms with Gasteiger partial charge in [0.2, 0.25) is 0 Å². The van der Waals surface area contributed by atoms with Crippen LogP contribution in [-0.4, -0.2) is 13.2 Å². The van der Waals surface area contributed by atoms with E-state index in [0.29, 0.717) is 12.6 Å². The molecule has 0 aromatic heterocycles. The quantitative estimate of drug-likeness (QED) is 0.866. The molecule has 2 nitrogen and oxygen atoms in total. The van der Waals surface area contributed by atoms with Crippen LogP contribution in [0.1, 0.15) is 38.7 Å². The van der Waals surface area contributed by atoms with Gasteiger partial charge in [0, 0.05) is 24.4 Å². The van der Waals surface area contributed by atoms with E-state index in [9.17, 15) is 0 Å². The summed E-state index contributed by atoms with van der Waals surface area (Å²) in [5, 5.41) is 3.72. The van der Waals surface area contributed by atoms with Crippen LogP contribution in [0.2, 0.25) is 0 Å². The van der Waals surface area contributed by atoms with Crippen molar-refractivity contribution in [2.24, 2.45) is 11.8 Å². The monoisotopic (exact) mass is 247 g/mol. The minimum atomic E-state index is 0.613. The topological polar surface area (TPSA) is 21.3 Å². The van der Waals surface area contributed by atoms with Gasteiger partial charge in [-0.1, -0.05) is 32.0 Å². The van der Waals surface area contributed by atoms with E-state index in [4.69, 9.17) is 4.74 Å². The van der Waals surface area contributed by atoms with Crippen LogP contribution >= 0.6 is 0 Å². The van der Waals surface area contributed by atoms with Gasteiger partial charge >= 0.3 is 0 Å². The van der Waals surface area contributed by atoms with Crippen molar-refractivity contribution in [2.75, 3.05) is 12.4 Å². The molecular formula is C16H25NO. The largest absolute Gasteiger partial charge is 0.382 e. The zero-order chi connectivity index (χ0) is 13.0. The predicted octanol–water partition coefficient (Wildman–Crippen LogP) is 4.07. The van der Waals surface area contributed by atoms with Crippen molar-refractivity contribution in [3.8, 4) is 0 Å². The van der Waals surface area contributed by atoms with Gasteiger partial charge in [-0.25, -0.2) is 0 Å². The molecule has 100 valence electrons. The summed E-state index contributed by atoms with van der Waals surface area (Å²) in [6, 6.07) is 9.09. The van der Waals surface area contributed by atoms with E-state index >= 15 is 0 Å². The van der Waals surface area contributed by atoms with Crippen LogP contribution in [0.3, 0.4) is 0 Å². The Balaban J connectivity index is 2.04. The molecule has 1 fully saturated rings. The molecule has 1 aromatic rings. The number of para-hydroxylation sites is 1. The molecule has 0 amide bonds. The molecule has 2 heteroatoms. The first-order chi connectivity index (χ1) is 8.69. The number of rotatable bonds is 4. The van der Waals surface area contributed by atoms with Gasteiger partial charge in [-0.3, -0.25) is 0 Å². The van der Waals surface area contributed by atoms with Crippen LogP contribution in [0.4, 0.5) is 5.69 Å². The number of benzene rings is 1. The lowest BCUT2D eigenvalue weighted by atomic mass is 9.80. The van der Waals surface area contributed by atoms with Crippen LogP contribution in [0, 0.1) is 11.8 Å². The number of ether oxygens (including phenoxy) is 1. The summed E-state index contributed by atoms with van der Waals surface area (Å²) in [5.41, 5.74) is 2.50. The van der Waals surface area contributed by atoms with Crippen molar-refractivity contribution >= 4 is 5.69 Å². The number of hydrogen-bond donors (Lipinski definition) is 1. The molecule has 2 atom stereocenters. The Labute approximate surface area is 111 Å². The minimum Gasteiger partial charge on any atom is -0.382 e. The average Bonchev–Trinajstić information content (AvgIpc) is 2.30. The van der Waals surface area contributed by atoms with Crippen LogP contribution in [0.25, 0.3) is 0 Å². The van der Waals surface area contributed by atoms with Gasteiger partial charge in [-0.15, -0.1) is 0 Å². The molecule has 0 saturated heterocycles. The summed E-state index contributed by atoms with van der Waals surface area (Å²) in [5.74, 6) is 1.67. The normalized spacial score (nSPS) is 28.1. The van der Waals surface area contributed by atoms with Gasteiger partial charge in [0.25, 0.3) is 0 Å². The second-order valence-corrected chi connectivity index (χ2v) is 5.85. The first-order valence-corrected chi connectivity index (χ1v) is 7.02. The van der Waals surface area contributed by atoms with Crippen molar-refractivity contribution in [1.82, 2.24) is 0 Å². The number of hydrogen-bond acceptors (Lipinski definition) is 2. The van der Waals surface area contributed by atoms with E-state index in [0.717, 1.165) is 11.8 Å². The summed E-state index contributed by atoms with van der Waals surface area (Å²) in [7, 11) is 1.75. The molecule has 1 aliphatic carbocycles. The van der Waals surface area contributed by atoms with E-state index in [-0.39, 0.29) is 0 Å². The smallest absolute Gasteiger partial charge is 0.0733 e. The molecule has 2 rings (SSSR count). The van der Waals surface area contributed by atoms with Gasteiger partial charge in [0.1, 0.15) is 0 Å². The summed E-state index contributed by atoms with van der Waals surface area (Å²) in [6.07, 6.45) is 3.94. The molecule has 2 unspecified atom stereocenters. The van der Waals surface area contributed by atoms with Crippen molar-refractivity contribution in [1.29, 1.82) is 0 Å². The van der Waals surface area contributed by atoms with Crippen molar-refractivity contribution < 1.29 is 4.74 Å². The maximum atomic E-state index is 5.26. The third-order valence-electron chi connectivity index (χ3n) is 3.86. The minimum absolute atomic E-state index is 0.613. The Kier molecular flexibility index (Phi) is 4.65. The maximum Gasteiger partial charge on any atom is 0.0733 e. The average molecular weight is 247 g/mol. The van der Waals surface area contributed by atoms with Crippen molar-refractivity contribution in [3.63, 3.8) is 0 Å². The Bertz CT molecular complexity index is 367. The molecule has 0 aliphatic heterocycles. The zero-order valence-electron chi connectivity index (χ0n) is 11.8. The highest BCUT2D eigenvalue weighted by atomic mass is 16.5. The number of nitrogens with one attached hydrogen (secondary N) is 1. The summed E-state index contributed by atoms with van der Waals surface area (Å²) < 4.78 is 5.26. The van der Waals surface area contributed by atoms with Gasteiger partial charge in [-0.2, -0.15) is 0 Å². The molecule has 1 N–H and O–H groups in total. The Hall–Kier alpha value is -1.02. The van der Waals surface area contributed by atoms with Crippen molar-refractivity contribution in [3.05, 3.63) is 29.8 Å². The SMILES string of the molecule is COCc1ccccc1NC1CC(C)CC(C)C1. The Morgan fingerprint density at radius 3 is 2.44 bits per heavy atom. The van der Waals surface area contributed by atoms with E-state index < -0.39 is 0 Å². The van der Waals surface area contributed by atoms with E-state index in [1.54, 1.807) is 7.11 Å². The molecule has 1 aliphatic rings. The third kappa shape index (κ3) is 3.49. The molecule has 1 aromatic carbocycles. The molecule has 0 spiro atoms. The fraction of sp³-hybridized carbons (Fsp3) is 0.625. The van der Waals surface area contributed by atoms with E-state index in [1.165, 1.54) is 30.5 Å². The maximum absolute atomic E-state index is 5.26. The van der Waals surface area contributed by atoms with E-state index in [2.05, 4.69) is 43.4 Å². The number of anilines is 1. The lowest BCUT2D eigenvalue weighted by Crippen LogP contribution is -2.30.